The average Bonchev–Trinajstić information content (AvgIpc) is 1.86. The van der Waals surface area contributed by atoms with Crippen molar-refractivity contribution in [1.29, 1.82) is 0 Å². The zero-order valence-electron chi connectivity index (χ0n) is 5.63. The molecule has 0 aliphatic rings. The minimum absolute atomic E-state index is 0.767. The van der Waals surface area contributed by atoms with E-state index in [1.165, 1.54) is 0 Å². The van der Waals surface area contributed by atoms with Crippen LogP contribution in [0.1, 0.15) is 6.42 Å². The molecule has 0 heterocycles. The van der Waals surface area contributed by atoms with Crippen molar-refractivity contribution in [2.24, 2.45) is 5.73 Å². The molecule has 6 heteroatoms. The van der Waals surface area contributed by atoms with E-state index in [0.717, 1.165) is 0 Å². The second kappa shape index (κ2) is 3.59. The highest BCUT2D eigenvalue weighted by molar-refractivity contribution is 5.68. The summed E-state index contributed by atoms with van der Waals surface area (Å²) in [6, 6.07) is 0. The van der Waals surface area contributed by atoms with E-state index >= 15 is 0 Å². The van der Waals surface area contributed by atoms with Crippen molar-refractivity contribution in [3.05, 3.63) is 0 Å². The molecule has 1 atom stereocenters. The van der Waals surface area contributed by atoms with Gasteiger partial charge in [0.25, 0.3) is 6.43 Å². The first-order valence-corrected chi connectivity index (χ1v) is 2.85. The topological polar surface area (TPSA) is 83.5 Å². The molecule has 0 saturated carbocycles. The molecule has 0 radical (unpaired) electrons. The van der Waals surface area contributed by atoms with Crippen LogP contribution in [0.25, 0.3) is 0 Å². The molecule has 0 unspecified atom stereocenters. The number of hydrogen-bond acceptors (Lipinski definition) is 3. The lowest BCUT2D eigenvalue weighted by molar-refractivity contribution is -0.151. The lowest BCUT2D eigenvalue weighted by atomic mass is 10.0. The van der Waals surface area contributed by atoms with Gasteiger partial charge in [0.15, 0.2) is 0 Å². The van der Waals surface area contributed by atoms with E-state index in [2.05, 4.69) is 0 Å². The Morgan fingerprint density at radius 1 is 1.64 bits per heavy atom. The third-order valence-corrected chi connectivity index (χ3v) is 1.22. The summed E-state index contributed by atoms with van der Waals surface area (Å²) in [6.45, 7) is -0.767. The smallest absolute Gasteiger partial charge is 0.306 e. The first-order valence-electron chi connectivity index (χ1n) is 2.85. The summed E-state index contributed by atoms with van der Waals surface area (Å²) in [7, 11) is 0. The second-order valence-electron chi connectivity index (χ2n) is 2.18. The molecule has 0 aromatic carbocycles. The highest BCUT2D eigenvalue weighted by Crippen LogP contribution is 2.18. The summed E-state index contributed by atoms with van der Waals surface area (Å²) in [5, 5.41) is 16.9. The molecule has 0 saturated heterocycles. The maximum absolute atomic E-state index is 11.9. The predicted molar refractivity (Wildman–Crippen MR) is 32.3 cm³/mol. The van der Waals surface area contributed by atoms with Crippen LogP contribution in [0, 0.1) is 0 Å². The highest BCUT2D eigenvalue weighted by atomic mass is 19.3. The number of alkyl halides is 2. The predicted octanol–water partition coefficient (Wildman–Crippen LogP) is -0.584. The lowest BCUT2D eigenvalue weighted by Crippen LogP contribution is -2.46. The number of hydrogen-bond donors (Lipinski definition) is 3. The van der Waals surface area contributed by atoms with Gasteiger partial charge in [-0.3, -0.25) is 4.79 Å². The fourth-order valence-electron chi connectivity index (χ4n) is 0.500. The van der Waals surface area contributed by atoms with Crippen molar-refractivity contribution in [1.82, 2.24) is 0 Å². The summed E-state index contributed by atoms with van der Waals surface area (Å²) in [5.74, 6) is -1.50. The van der Waals surface area contributed by atoms with Crippen LogP contribution >= 0.6 is 0 Å². The molecule has 4 nitrogen and oxygen atoms in total. The average molecular weight is 169 g/mol. The monoisotopic (exact) mass is 169 g/mol. The Balaban J connectivity index is 4.22. The zero-order valence-corrected chi connectivity index (χ0v) is 5.63. The van der Waals surface area contributed by atoms with Gasteiger partial charge in [0.2, 0.25) is 0 Å². The molecule has 0 spiro atoms. The van der Waals surface area contributed by atoms with E-state index in [4.69, 9.17) is 15.9 Å². The number of carboxylic acids is 1. The van der Waals surface area contributed by atoms with Gasteiger partial charge < -0.3 is 15.9 Å². The first kappa shape index (κ1) is 10.2. The van der Waals surface area contributed by atoms with Crippen LogP contribution in [-0.2, 0) is 4.79 Å². The molecule has 66 valence electrons. The fraction of sp³-hybridized carbons (Fsp3) is 0.800. The molecule has 11 heavy (non-hydrogen) atoms. The molecule has 0 aliphatic carbocycles. The van der Waals surface area contributed by atoms with E-state index in [1.54, 1.807) is 0 Å². The molecular formula is C5H9F2NO3. The van der Waals surface area contributed by atoms with Crippen LogP contribution in [0.5, 0.6) is 0 Å². The van der Waals surface area contributed by atoms with Crippen molar-refractivity contribution in [3.8, 4) is 0 Å². The summed E-state index contributed by atoms with van der Waals surface area (Å²) in [6.07, 6.45) is -4.18. The summed E-state index contributed by atoms with van der Waals surface area (Å²) in [4.78, 5) is 9.93. The van der Waals surface area contributed by atoms with Crippen LogP contribution in [0.15, 0.2) is 0 Å². The Morgan fingerprint density at radius 2 is 2.09 bits per heavy atom. The largest absolute Gasteiger partial charge is 0.481 e. The van der Waals surface area contributed by atoms with Crippen LogP contribution in [0.2, 0.25) is 0 Å². The van der Waals surface area contributed by atoms with Gasteiger partial charge in [0.05, 0.1) is 6.42 Å². The number of nitrogens with two attached hydrogens (primary N) is 1. The molecule has 0 aliphatic heterocycles. The Labute approximate surface area is 61.6 Å². The van der Waals surface area contributed by atoms with Crippen LogP contribution in [0.3, 0.4) is 0 Å². The minimum atomic E-state index is -3.14. The van der Waals surface area contributed by atoms with Gasteiger partial charge in [-0.15, -0.1) is 0 Å². The van der Waals surface area contributed by atoms with Crippen molar-refractivity contribution in [2.45, 2.75) is 18.4 Å². The summed E-state index contributed by atoms with van der Waals surface area (Å²) in [5.41, 5.74) is 2.17. The quantitative estimate of drug-likeness (QED) is 0.525. The van der Waals surface area contributed by atoms with E-state index in [-0.39, 0.29) is 0 Å². The molecule has 4 N–H and O–H groups in total. The Hall–Kier alpha value is -0.750. The number of carboxylic acid groups (broad SMARTS) is 1. The molecule has 0 aromatic rings. The molecule has 0 bridgehead atoms. The van der Waals surface area contributed by atoms with E-state index < -0.39 is 31.0 Å². The molecule has 0 amide bonds. The van der Waals surface area contributed by atoms with Crippen molar-refractivity contribution < 1.29 is 23.8 Å². The maximum Gasteiger partial charge on any atom is 0.306 e. The number of aliphatic hydroxyl groups is 1. The van der Waals surface area contributed by atoms with Crippen molar-refractivity contribution >= 4 is 5.97 Å². The maximum atomic E-state index is 11.9. The van der Waals surface area contributed by atoms with Gasteiger partial charge in [-0.1, -0.05) is 0 Å². The third kappa shape index (κ3) is 2.77. The summed E-state index contributed by atoms with van der Waals surface area (Å²) < 4.78 is 23.7. The number of halogens is 2. The number of rotatable bonds is 4. The van der Waals surface area contributed by atoms with E-state index in [0.29, 0.717) is 0 Å². The number of carbonyl (C=O) groups is 1. The second-order valence-corrected chi connectivity index (χ2v) is 2.18. The van der Waals surface area contributed by atoms with Crippen molar-refractivity contribution in [2.75, 3.05) is 6.54 Å². The molecule has 0 rings (SSSR count). The Kier molecular flexibility index (Phi) is 3.34. The normalized spacial score (nSPS) is 16.5. The van der Waals surface area contributed by atoms with Crippen LogP contribution in [0.4, 0.5) is 8.78 Å². The SMILES string of the molecule is NC[C@@](O)(CC(=O)O)C(F)F. The third-order valence-electron chi connectivity index (χ3n) is 1.22. The first-order chi connectivity index (χ1) is 4.92. The Morgan fingerprint density at radius 3 is 2.18 bits per heavy atom. The van der Waals surface area contributed by atoms with Crippen LogP contribution in [-0.4, -0.2) is 34.8 Å². The fourth-order valence-corrected chi connectivity index (χ4v) is 0.500. The van der Waals surface area contributed by atoms with E-state index in [1.807, 2.05) is 0 Å². The minimum Gasteiger partial charge on any atom is -0.481 e. The molecule has 0 aromatic heterocycles. The van der Waals surface area contributed by atoms with Gasteiger partial charge in [-0.2, -0.15) is 0 Å². The van der Waals surface area contributed by atoms with Gasteiger partial charge in [0.1, 0.15) is 5.60 Å². The lowest BCUT2D eigenvalue weighted by Gasteiger charge is -2.22. The Bertz CT molecular complexity index is 153. The number of aliphatic carboxylic acids is 1. The summed E-state index contributed by atoms with van der Waals surface area (Å²) >= 11 is 0. The van der Waals surface area contributed by atoms with Gasteiger partial charge in [-0.25, -0.2) is 8.78 Å². The van der Waals surface area contributed by atoms with Gasteiger partial charge >= 0.3 is 5.97 Å². The van der Waals surface area contributed by atoms with E-state index in [9.17, 15) is 13.6 Å². The zero-order chi connectivity index (χ0) is 9.07. The molecular weight excluding hydrogens is 160 g/mol. The van der Waals surface area contributed by atoms with Crippen molar-refractivity contribution in [3.63, 3.8) is 0 Å². The highest BCUT2D eigenvalue weighted by Gasteiger charge is 2.38. The van der Waals surface area contributed by atoms with Gasteiger partial charge in [0, 0.05) is 6.54 Å². The standard InChI is InChI=1S/C5H9F2NO3/c6-4(7)5(11,2-8)1-3(9)10/h4,11H,1-2,8H2,(H,9,10)/t5-/m0/s1. The molecule has 0 fully saturated rings. The van der Waals surface area contributed by atoms with Crippen LogP contribution < -0.4 is 5.73 Å². The van der Waals surface area contributed by atoms with Gasteiger partial charge in [-0.05, 0) is 0 Å².